The van der Waals surface area contributed by atoms with Crippen molar-refractivity contribution in [3.8, 4) is 12.1 Å². The number of pyridine rings is 1. The summed E-state index contributed by atoms with van der Waals surface area (Å²) in [4.78, 5) is 22.9. The molecule has 6 rings (SSSR count). The number of nitrogens with zero attached hydrogens (tertiary/aromatic N) is 8. The summed E-state index contributed by atoms with van der Waals surface area (Å²) in [6, 6.07) is 10.8. The quantitative estimate of drug-likeness (QED) is 0.191. The van der Waals surface area contributed by atoms with E-state index in [0.29, 0.717) is 33.4 Å². The van der Waals surface area contributed by atoms with E-state index >= 15 is 0 Å². The molecule has 15 heteroatoms. The van der Waals surface area contributed by atoms with Crippen molar-refractivity contribution in [2.24, 2.45) is 5.41 Å². The molecule has 1 fully saturated rings. The molecule has 11 nitrogen and oxygen atoms in total. The van der Waals surface area contributed by atoms with E-state index in [2.05, 4.69) is 37.7 Å². The smallest absolute Gasteiger partial charge is 0.413 e. The van der Waals surface area contributed by atoms with Crippen LogP contribution >= 0.6 is 11.3 Å². The number of nitriles is 2. The minimum absolute atomic E-state index is 0.0188. The van der Waals surface area contributed by atoms with E-state index in [1.54, 1.807) is 23.7 Å². The Labute approximate surface area is 264 Å². The van der Waals surface area contributed by atoms with E-state index in [4.69, 9.17) is 0 Å². The van der Waals surface area contributed by atoms with Crippen LogP contribution in [0.2, 0.25) is 0 Å². The molecule has 0 bridgehead atoms. The molecule has 1 aliphatic rings. The summed E-state index contributed by atoms with van der Waals surface area (Å²) in [5.74, 6) is 0. The van der Waals surface area contributed by atoms with Crippen LogP contribution in [-0.2, 0) is 5.54 Å². The minimum atomic E-state index is -4.58. The van der Waals surface area contributed by atoms with Crippen molar-refractivity contribution >= 4 is 49.9 Å². The average molecular weight is 646 g/mol. The van der Waals surface area contributed by atoms with E-state index in [1.807, 2.05) is 20.8 Å². The third-order valence-corrected chi connectivity index (χ3v) is 8.79. The van der Waals surface area contributed by atoms with E-state index in [9.17, 15) is 33.6 Å². The summed E-state index contributed by atoms with van der Waals surface area (Å²) in [6.45, 7) is 6.43. The van der Waals surface area contributed by atoms with Gasteiger partial charge in [0.15, 0.2) is 5.54 Å². The van der Waals surface area contributed by atoms with Gasteiger partial charge in [-0.1, -0.05) is 38.1 Å². The molecule has 1 amide bonds. The molecule has 1 aliphatic carbocycles. The topological polar surface area (TPSA) is 157 Å². The lowest BCUT2D eigenvalue weighted by atomic mass is 9.96. The highest BCUT2D eigenvalue weighted by Gasteiger charge is 2.66. The molecule has 1 atom stereocenters. The predicted molar refractivity (Wildman–Crippen MR) is 164 cm³/mol. The first-order chi connectivity index (χ1) is 21.8. The molecule has 2 aromatic carbocycles. The Morgan fingerprint density at radius 3 is 2.54 bits per heavy atom. The standard InChI is InChI=1S/C31H26F3N9O2S/c1-29(2,3)15-38-25-18(12-36)13-37-24-17(11-35)9-19(10-21(24)25)43(28(44)45)26(20-5-4-6-22-27(20)46-16-39-22)23-14-42(41-40-23)30(7-8-30)31(32,33)34/h4-6,9-10,13-14,16,26H,7-8,15H2,1-3H3,(H,37,38)(H,44,45). The van der Waals surface area contributed by atoms with Crippen molar-refractivity contribution in [2.75, 3.05) is 16.8 Å². The van der Waals surface area contributed by atoms with Crippen molar-refractivity contribution in [1.82, 2.24) is 25.0 Å². The van der Waals surface area contributed by atoms with Crippen LogP contribution in [0.1, 0.15) is 62.0 Å². The maximum atomic E-state index is 14.0. The summed E-state index contributed by atoms with van der Waals surface area (Å²) in [6.07, 6.45) is -3.91. The molecule has 3 aromatic heterocycles. The Bertz CT molecular complexity index is 2080. The zero-order valence-corrected chi connectivity index (χ0v) is 25.6. The van der Waals surface area contributed by atoms with Crippen molar-refractivity contribution in [3.05, 3.63) is 70.6 Å². The van der Waals surface area contributed by atoms with E-state index in [0.717, 1.165) is 15.8 Å². The Morgan fingerprint density at radius 1 is 1.17 bits per heavy atom. The number of carbonyl (C=O) groups is 1. The monoisotopic (exact) mass is 645 g/mol. The number of fused-ring (bicyclic) bond motifs is 2. The molecular formula is C31H26F3N9O2S. The molecular weight excluding hydrogens is 619 g/mol. The number of hydrogen-bond donors (Lipinski definition) is 2. The second kappa shape index (κ2) is 11.0. The second-order valence-electron chi connectivity index (χ2n) is 12.3. The van der Waals surface area contributed by atoms with Gasteiger partial charge >= 0.3 is 12.3 Å². The maximum absolute atomic E-state index is 14.0. The first-order valence-electron chi connectivity index (χ1n) is 14.1. The van der Waals surface area contributed by atoms with Crippen LogP contribution in [0.4, 0.5) is 29.3 Å². The highest BCUT2D eigenvalue weighted by molar-refractivity contribution is 7.17. The zero-order chi connectivity index (χ0) is 33.0. The lowest BCUT2D eigenvalue weighted by Crippen LogP contribution is -2.36. The fraction of sp³-hybridized carbons (Fsp3) is 0.323. The summed E-state index contributed by atoms with van der Waals surface area (Å²) in [5.41, 5.74) is 0.970. The molecule has 46 heavy (non-hydrogen) atoms. The van der Waals surface area contributed by atoms with Gasteiger partial charge in [-0.25, -0.2) is 14.5 Å². The summed E-state index contributed by atoms with van der Waals surface area (Å²) in [5, 5.41) is 42.4. The maximum Gasteiger partial charge on any atom is 0.413 e. The lowest BCUT2D eigenvalue weighted by Gasteiger charge is -2.29. The number of benzene rings is 2. The zero-order valence-electron chi connectivity index (χ0n) is 24.8. The van der Waals surface area contributed by atoms with Gasteiger partial charge in [-0.05, 0) is 36.5 Å². The number of hydrogen-bond acceptors (Lipinski definition) is 9. The number of alkyl halides is 3. The van der Waals surface area contributed by atoms with E-state index < -0.39 is 23.9 Å². The molecule has 0 radical (unpaired) electrons. The third-order valence-electron chi connectivity index (χ3n) is 7.90. The van der Waals surface area contributed by atoms with Crippen LogP contribution < -0.4 is 10.2 Å². The number of thiazole rings is 1. The lowest BCUT2D eigenvalue weighted by molar-refractivity contribution is -0.183. The Hall–Kier alpha value is -5.28. The van der Waals surface area contributed by atoms with Crippen molar-refractivity contribution < 1.29 is 23.1 Å². The van der Waals surface area contributed by atoms with E-state index in [1.165, 1.54) is 29.7 Å². The third kappa shape index (κ3) is 5.22. The fourth-order valence-electron chi connectivity index (χ4n) is 5.44. The first kappa shape index (κ1) is 30.7. The largest absolute Gasteiger partial charge is 0.465 e. The molecule has 1 unspecified atom stereocenters. The van der Waals surface area contributed by atoms with Gasteiger partial charge in [-0.3, -0.25) is 9.88 Å². The molecule has 0 saturated heterocycles. The van der Waals surface area contributed by atoms with Gasteiger partial charge in [-0.15, -0.1) is 16.4 Å². The molecule has 3 heterocycles. The molecule has 0 aliphatic heterocycles. The van der Waals surface area contributed by atoms with Crippen LogP contribution in [0.15, 0.2) is 48.2 Å². The summed E-state index contributed by atoms with van der Waals surface area (Å²) >= 11 is 1.24. The number of aromatic nitrogens is 5. The predicted octanol–water partition coefficient (Wildman–Crippen LogP) is 6.96. The first-order valence-corrected chi connectivity index (χ1v) is 15.0. The highest BCUT2D eigenvalue weighted by atomic mass is 32.1. The van der Waals surface area contributed by atoms with Gasteiger partial charge in [0, 0.05) is 23.7 Å². The van der Waals surface area contributed by atoms with Crippen molar-refractivity contribution in [2.45, 2.75) is 51.4 Å². The van der Waals surface area contributed by atoms with Crippen LogP contribution in [-0.4, -0.2) is 48.9 Å². The van der Waals surface area contributed by atoms with E-state index in [-0.39, 0.29) is 46.3 Å². The Kier molecular flexibility index (Phi) is 7.32. The van der Waals surface area contributed by atoms with Gasteiger partial charge in [0.2, 0.25) is 0 Å². The van der Waals surface area contributed by atoms with Crippen molar-refractivity contribution in [1.29, 1.82) is 10.5 Å². The van der Waals surface area contributed by atoms with Crippen LogP contribution in [0.5, 0.6) is 0 Å². The second-order valence-corrected chi connectivity index (χ2v) is 13.1. The van der Waals surface area contributed by atoms with Gasteiger partial charge < -0.3 is 10.4 Å². The van der Waals surface area contributed by atoms with Crippen LogP contribution in [0.3, 0.4) is 0 Å². The summed E-state index contributed by atoms with van der Waals surface area (Å²) < 4.78 is 43.5. The van der Waals surface area contributed by atoms with Crippen LogP contribution in [0.25, 0.3) is 21.1 Å². The number of halogens is 3. The minimum Gasteiger partial charge on any atom is -0.465 e. The molecule has 1 saturated carbocycles. The van der Waals surface area contributed by atoms with Gasteiger partial charge in [0.1, 0.15) is 23.9 Å². The highest BCUT2D eigenvalue weighted by Crippen LogP contribution is 2.55. The normalized spacial score (nSPS) is 14.9. The molecule has 234 valence electrons. The number of nitrogens with one attached hydrogen (secondary N) is 1. The Balaban J connectivity index is 1.60. The van der Waals surface area contributed by atoms with Crippen LogP contribution in [0, 0.1) is 28.1 Å². The van der Waals surface area contributed by atoms with Gasteiger partial charge in [0.05, 0.1) is 49.9 Å². The SMILES string of the molecule is CC(C)(C)CNc1c(C#N)cnc2c(C#N)cc(N(C(=O)O)C(c3cn(C4(C(F)(F)F)CC4)nn3)c3cccc4ncsc34)cc12. The number of rotatable bonds is 7. The fourth-order valence-corrected chi connectivity index (χ4v) is 6.27. The number of carboxylic acid groups (broad SMARTS) is 1. The van der Waals surface area contributed by atoms with Gasteiger partial charge in [-0.2, -0.15) is 23.7 Å². The Morgan fingerprint density at radius 2 is 1.91 bits per heavy atom. The number of amides is 1. The molecule has 0 spiro atoms. The average Bonchev–Trinajstić information content (AvgIpc) is 3.44. The summed E-state index contributed by atoms with van der Waals surface area (Å²) in [7, 11) is 0. The van der Waals surface area contributed by atoms with Crippen molar-refractivity contribution in [3.63, 3.8) is 0 Å². The van der Waals surface area contributed by atoms with Gasteiger partial charge in [0.25, 0.3) is 0 Å². The molecule has 5 aromatic rings. The number of anilines is 2. The molecule has 2 N–H and O–H groups in total.